The van der Waals surface area contributed by atoms with Crippen LogP contribution in [-0.2, 0) is 10.0 Å². The predicted octanol–water partition coefficient (Wildman–Crippen LogP) is 4.54. The Balaban J connectivity index is 1.72. The molecule has 9 heteroatoms. The Morgan fingerprint density at radius 3 is 2.26 bits per heavy atom. The number of sulfonamides is 1. The summed E-state index contributed by atoms with van der Waals surface area (Å²) < 4.78 is 38.5. The van der Waals surface area contributed by atoms with Gasteiger partial charge in [-0.15, -0.1) is 11.3 Å². The molecule has 6 nitrogen and oxygen atoms in total. The van der Waals surface area contributed by atoms with Crippen molar-refractivity contribution in [3.05, 3.63) is 70.0 Å². The van der Waals surface area contributed by atoms with Crippen LogP contribution in [0.1, 0.15) is 10.4 Å². The van der Waals surface area contributed by atoms with Crippen LogP contribution in [0.5, 0.6) is 11.5 Å². The van der Waals surface area contributed by atoms with Gasteiger partial charge in [0.15, 0.2) is 11.5 Å². The number of rotatable bonds is 6. The molecular formula is C18H14BrNO5S2. The van der Waals surface area contributed by atoms with Crippen LogP contribution in [0.2, 0.25) is 0 Å². The molecule has 3 aromatic rings. The summed E-state index contributed by atoms with van der Waals surface area (Å²) in [5.74, 6) is 0.173. The summed E-state index contributed by atoms with van der Waals surface area (Å²) in [4.78, 5) is 12.3. The fourth-order valence-corrected chi connectivity index (χ4v) is 5.25. The van der Waals surface area contributed by atoms with Crippen LogP contribution in [0.3, 0.4) is 0 Å². The van der Waals surface area contributed by atoms with E-state index in [9.17, 15) is 13.2 Å². The lowest BCUT2D eigenvalue weighted by Crippen LogP contribution is -2.12. The fraction of sp³-hybridized carbons (Fsp3) is 0.0556. The molecule has 2 aromatic carbocycles. The molecule has 140 valence electrons. The molecule has 0 bridgehead atoms. The number of hydrogen-bond acceptors (Lipinski definition) is 6. The van der Waals surface area contributed by atoms with Crippen LogP contribution < -0.4 is 14.2 Å². The second-order valence-electron chi connectivity index (χ2n) is 5.28. The third-order valence-electron chi connectivity index (χ3n) is 3.46. The van der Waals surface area contributed by atoms with Gasteiger partial charge in [0.25, 0.3) is 10.0 Å². The molecule has 0 aliphatic heterocycles. The number of ether oxygens (including phenoxy) is 2. The van der Waals surface area contributed by atoms with E-state index in [-0.39, 0.29) is 9.77 Å². The molecule has 0 amide bonds. The van der Waals surface area contributed by atoms with Crippen molar-refractivity contribution in [3.8, 4) is 11.5 Å². The third-order valence-corrected chi connectivity index (χ3v) is 6.95. The molecule has 27 heavy (non-hydrogen) atoms. The summed E-state index contributed by atoms with van der Waals surface area (Å²) in [6.07, 6.45) is 0. The van der Waals surface area contributed by atoms with Crippen LogP contribution in [0.25, 0.3) is 0 Å². The van der Waals surface area contributed by atoms with Gasteiger partial charge in [0, 0.05) is 5.69 Å². The Labute approximate surface area is 168 Å². The summed E-state index contributed by atoms with van der Waals surface area (Å²) in [7, 11) is -2.19. The monoisotopic (exact) mass is 467 g/mol. The van der Waals surface area contributed by atoms with Gasteiger partial charge in [-0.3, -0.25) is 4.72 Å². The minimum atomic E-state index is -3.68. The van der Waals surface area contributed by atoms with Crippen LogP contribution in [-0.4, -0.2) is 21.5 Å². The molecule has 0 spiro atoms. The average Bonchev–Trinajstić information content (AvgIpc) is 3.10. The van der Waals surface area contributed by atoms with Gasteiger partial charge in [-0.25, -0.2) is 13.2 Å². The van der Waals surface area contributed by atoms with E-state index in [4.69, 9.17) is 9.47 Å². The Morgan fingerprint density at radius 2 is 1.67 bits per heavy atom. The zero-order chi connectivity index (χ0) is 19.4. The fourth-order valence-electron chi connectivity index (χ4n) is 2.18. The topological polar surface area (TPSA) is 81.7 Å². The van der Waals surface area contributed by atoms with Gasteiger partial charge in [-0.2, -0.15) is 0 Å². The highest BCUT2D eigenvalue weighted by Crippen LogP contribution is 2.28. The van der Waals surface area contributed by atoms with Gasteiger partial charge in [0.2, 0.25) is 0 Å². The minimum Gasteiger partial charge on any atom is -0.493 e. The lowest BCUT2D eigenvalue weighted by Gasteiger charge is -2.09. The molecule has 0 saturated carbocycles. The van der Waals surface area contributed by atoms with Crippen molar-refractivity contribution in [1.82, 2.24) is 0 Å². The second-order valence-corrected chi connectivity index (χ2v) is 9.65. The number of thiophene rings is 1. The van der Waals surface area contributed by atoms with E-state index >= 15 is 0 Å². The smallest absolute Gasteiger partial charge is 0.343 e. The maximum absolute atomic E-state index is 12.3. The lowest BCUT2D eigenvalue weighted by atomic mass is 10.2. The molecule has 0 atom stereocenters. The lowest BCUT2D eigenvalue weighted by molar-refractivity contribution is 0.0730. The highest BCUT2D eigenvalue weighted by atomic mass is 79.9. The van der Waals surface area contributed by atoms with Gasteiger partial charge in [-0.05, 0) is 64.5 Å². The standard InChI is InChI=1S/C18H14BrNO5S2/c1-24-14-4-2-3-5-15(14)25-18(21)12-6-8-13(9-7-12)20-27(22,23)17-11-10-16(19)26-17/h2-11,20H,1H3. The van der Waals surface area contributed by atoms with Crippen molar-refractivity contribution >= 4 is 48.9 Å². The predicted molar refractivity (Wildman–Crippen MR) is 107 cm³/mol. The number of esters is 1. The number of benzene rings is 2. The first-order valence-electron chi connectivity index (χ1n) is 7.62. The Kier molecular flexibility index (Phi) is 5.83. The highest BCUT2D eigenvalue weighted by Gasteiger charge is 2.17. The van der Waals surface area contributed by atoms with Crippen LogP contribution in [0.4, 0.5) is 5.69 Å². The van der Waals surface area contributed by atoms with Crippen molar-refractivity contribution in [2.75, 3.05) is 11.8 Å². The molecular weight excluding hydrogens is 454 g/mol. The second kappa shape index (κ2) is 8.12. The van der Waals surface area contributed by atoms with Gasteiger partial charge < -0.3 is 9.47 Å². The molecule has 0 fully saturated rings. The van der Waals surface area contributed by atoms with Gasteiger partial charge in [-0.1, -0.05) is 12.1 Å². The van der Waals surface area contributed by atoms with E-state index in [0.717, 1.165) is 15.1 Å². The summed E-state index contributed by atoms with van der Waals surface area (Å²) >= 11 is 4.35. The molecule has 3 rings (SSSR count). The van der Waals surface area contributed by atoms with Gasteiger partial charge >= 0.3 is 5.97 Å². The summed E-state index contributed by atoms with van der Waals surface area (Å²) in [5, 5.41) is 0. The van der Waals surface area contributed by atoms with Crippen LogP contribution in [0.15, 0.2) is 68.7 Å². The molecule has 0 aliphatic carbocycles. The molecule has 1 aromatic heterocycles. The van der Waals surface area contributed by atoms with E-state index in [1.807, 2.05) is 0 Å². The maximum atomic E-state index is 12.3. The van der Waals surface area contributed by atoms with E-state index in [1.54, 1.807) is 30.3 Å². The van der Waals surface area contributed by atoms with E-state index in [2.05, 4.69) is 20.7 Å². The summed E-state index contributed by atoms with van der Waals surface area (Å²) in [6, 6.07) is 15.9. The largest absolute Gasteiger partial charge is 0.493 e. The first kappa shape index (κ1) is 19.4. The SMILES string of the molecule is COc1ccccc1OC(=O)c1ccc(NS(=O)(=O)c2ccc(Br)s2)cc1. The van der Waals surface area contributed by atoms with Crippen molar-refractivity contribution in [2.45, 2.75) is 4.21 Å². The molecule has 0 unspecified atom stereocenters. The van der Waals surface area contributed by atoms with Gasteiger partial charge in [0.05, 0.1) is 16.5 Å². The number of hydrogen-bond donors (Lipinski definition) is 1. The Morgan fingerprint density at radius 1 is 1.00 bits per heavy atom. The quantitative estimate of drug-likeness (QED) is 0.425. The number of anilines is 1. The number of carbonyl (C=O) groups excluding carboxylic acids is 1. The maximum Gasteiger partial charge on any atom is 0.343 e. The Bertz CT molecular complexity index is 1060. The third kappa shape index (κ3) is 4.68. The first-order chi connectivity index (χ1) is 12.9. The highest BCUT2D eigenvalue weighted by molar-refractivity contribution is 9.11. The Hall–Kier alpha value is -2.36. The van der Waals surface area contributed by atoms with Crippen LogP contribution >= 0.6 is 27.3 Å². The van der Waals surface area contributed by atoms with Crippen molar-refractivity contribution in [2.24, 2.45) is 0 Å². The summed E-state index contributed by atoms with van der Waals surface area (Å²) in [5.41, 5.74) is 0.621. The molecule has 1 heterocycles. The van der Waals surface area contributed by atoms with Crippen molar-refractivity contribution in [1.29, 1.82) is 0 Å². The van der Waals surface area contributed by atoms with Crippen molar-refractivity contribution < 1.29 is 22.7 Å². The number of halogens is 1. The number of methoxy groups -OCH3 is 1. The average molecular weight is 468 g/mol. The number of para-hydroxylation sites is 2. The van der Waals surface area contributed by atoms with E-state index in [0.29, 0.717) is 17.2 Å². The molecule has 0 aliphatic rings. The van der Waals surface area contributed by atoms with Gasteiger partial charge in [0.1, 0.15) is 4.21 Å². The molecule has 1 N–H and O–H groups in total. The zero-order valence-electron chi connectivity index (χ0n) is 14.0. The first-order valence-corrected chi connectivity index (χ1v) is 10.7. The summed E-state index contributed by atoms with van der Waals surface area (Å²) in [6.45, 7) is 0. The molecule has 0 saturated heterocycles. The number of carbonyl (C=O) groups is 1. The van der Waals surface area contributed by atoms with Crippen molar-refractivity contribution in [3.63, 3.8) is 0 Å². The minimum absolute atomic E-state index is 0.189. The zero-order valence-corrected chi connectivity index (χ0v) is 17.2. The normalized spacial score (nSPS) is 11.0. The van der Waals surface area contributed by atoms with Crippen LogP contribution in [0, 0.1) is 0 Å². The molecule has 0 radical (unpaired) electrons. The van der Waals surface area contributed by atoms with E-state index in [1.165, 1.54) is 37.4 Å². The number of nitrogens with one attached hydrogen (secondary N) is 1. The van der Waals surface area contributed by atoms with E-state index < -0.39 is 16.0 Å².